The van der Waals surface area contributed by atoms with Gasteiger partial charge in [0, 0.05) is 39.9 Å². The number of aromatic nitrogens is 4. The lowest BCUT2D eigenvalue weighted by Gasteiger charge is -2.10. The molecule has 3 aromatic heterocycles. The molecule has 0 aliphatic heterocycles. The van der Waals surface area contributed by atoms with Crippen LogP contribution in [-0.2, 0) is 0 Å². The predicted octanol–water partition coefficient (Wildman–Crippen LogP) is 11.0. The second kappa shape index (κ2) is 10.5. The van der Waals surface area contributed by atoms with Gasteiger partial charge >= 0.3 is 0 Å². The summed E-state index contributed by atoms with van der Waals surface area (Å²) in [4.78, 5) is 19.1. The van der Waals surface area contributed by atoms with Crippen LogP contribution in [0.5, 0.6) is 0 Å². The van der Waals surface area contributed by atoms with Gasteiger partial charge in [0.15, 0.2) is 5.82 Å². The summed E-state index contributed by atoms with van der Waals surface area (Å²) >= 11 is 0. The van der Waals surface area contributed by atoms with Gasteiger partial charge in [0.05, 0.1) is 22.4 Å². The van der Waals surface area contributed by atoms with Crippen molar-refractivity contribution in [1.82, 2.24) is 19.9 Å². The van der Waals surface area contributed by atoms with Crippen LogP contribution in [0.4, 0.5) is 0 Å². The van der Waals surface area contributed by atoms with E-state index in [0.717, 1.165) is 49.9 Å². The molecule has 0 saturated carbocycles. The Labute approximate surface area is 277 Å². The van der Waals surface area contributed by atoms with E-state index in [4.69, 9.17) is 9.97 Å². The highest BCUT2D eigenvalue weighted by Gasteiger charge is 2.21. The maximum atomic E-state index is 5.23. The zero-order valence-electron chi connectivity index (χ0n) is 25.8. The maximum absolute atomic E-state index is 5.23. The lowest BCUT2D eigenvalue weighted by molar-refractivity contribution is 1.18. The zero-order chi connectivity index (χ0) is 31.6. The molecule has 0 radical (unpaired) electrons. The molecule has 0 N–H and O–H groups in total. The van der Waals surface area contributed by atoms with Crippen molar-refractivity contribution in [2.45, 2.75) is 0 Å². The lowest BCUT2D eigenvalue weighted by atomic mass is 9.96. The molecule has 9 aromatic rings. The molecule has 4 nitrogen and oxygen atoms in total. The SMILES string of the molecule is c1cnc(-c2ccc(-c3ccc4ccc5ccc(-c6cccc(-c7ccc8c(c7)-c7cccc9cccc-8c79)c6)nc5c4n3)cc2)nc1. The van der Waals surface area contributed by atoms with E-state index in [1.165, 1.54) is 44.2 Å². The van der Waals surface area contributed by atoms with Crippen LogP contribution in [-0.4, -0.2) is 19.9 Å². The minimum atomic E-state index is 0.710. The van der Waals surface area contributed by atoms with E-state index >= 15 is 0 Å². The third-order valence-corrected chi connectivity index (χ3v) is 9.52. The van der Waals surface area contributed by atoms with Gasteiger partial charge in [-0.05, 0) is 74.5 Å². The van der Waals surface area contributed by atoms with Gasteiger partial charge in [-0.3, -0.25) is 0 Å². The normalized spacial score (nSPS) is 11.8. The smallest absolute Gasteiger partial charge is 0.159 e. The van der Waals surface area contributed by atoms with Crippen LogP contribution in [0.3, 0.4) is 0 Å². The van der Waals surface area contributed by atoms with E-state index in [-0.39, 0.29) is 0 Å². The molecule has 1 aliphatic carbocycles. The van der Waals surface area contributed by atoms with Crippen LogP contribution in [0, 0.1) is 0 Å². The molecule has 0 saturated heterocycles. The summed E-state index contributed by atoms with van der Waals surface area (Å²) in [6, 6.07) is 51.6. The average Bonchev–Trinajstić information content (AvgIpc) is 3.49. The van der Waals surface area contributed by atoms with Gasteiger partial charge in [-0.2, -0.15) is 0 Å². The zero-order valence-corrected chi connectivity index (χ0v) is 25.8. The highest BCUT2D eigenvalue weighted by molar-refractivity contribution is 6.15. The van der Waals surface area contributed by atoms with E-state index < -0.39 is 0 Å². The number of fused-ring (bicyclic) bond motifs is 6. The molecule has 0 amide bonds. The molecular formula is C44H26N4. The second-order valence-corrected chi connectivity index (χ2v) is 12.3. The van der Waals surface area contributed by atoms with Gasteiger partial charge in [0.2, 0.25) is 0 Å². The molecule has 0 atom stereocenters. The Hall–Kier alpha value is -6.52. The molecule has 4 heteroatoms. The standard InChI is InChI=1S/C44H26N4/c1-7-32(33-17-20-35-36-9-2-5-28-6-3-10-37(41(28)36)38(35)26-33)25-34(8-1)40-22-19-30-14-13-29-18-21-39(47-42(29)43(30)48-40)27-11-15-31(16-12-27)44-45-23-4-24-46-44/h1-26H. The van der Waals surface area contributed by atoms with Crippen molar-refractivity contribution in [3.05, 3.63) is 158 Å². The lowest BCUT2D eigenvalue weighted by Crippen LogP contribution is -1.92. The van der Waals surface area contributed by atoms with E-state index in [1.54, 1.807) is 12.4 Å². The number of pyridine rings is 2. The molecule has 48 heavy (non-hydrogen) atoms. The Morgan fingerprint density at radius 1 is 0.333 bits per heavy atom. The van der Waals surface area contributed by atoms with E-state index in [1.807, 2.05) is 18.2 Å². The number of hydrogen-bond donors (Lipinski definition) is 0. The summed E-state index contributed by atoms with van der Waals surface area (Å²) in [5.74, 6) is 0.710. The summed E-state index contributed by atoms with van der Waals surface area (Å²) in [7, 11) is 0. The number of nitrogens with zero attached hydrogens (tertiary/aromatic N) is 4. The molecular weight excluding hydrogens is 585 g/mol. The molecule has 0 fully saturated rings. The minimum Gasteiger partial charge on any atom is -0.245 e. The van der Waals surface area contributed by atoms with Crippen LogP contribution >= 0.6 is 0 Å². The van der Waals surface area contributed by atoms with Crippen molar-refractivity contribution in [2.24, 2.45) is 0 Å². The fourth-order valence-corrected chi connectivity index (χ4v) is 7.16. The van der Waals surface area contributed by atoms with E-state index in [9.17, 15) is 0 Å². The molecule has 10 rings (SSSR count). The first kappa shape index (κ1) is 26.7. The summed E-state index contributed by atoms with van der Waals surface area (Å²) in [6.07, 6.45) is 3.52. The van der Waals surface area contributed by atoms with Crippen molar-refractivity contribution in [3.63, 3.8) is 0 Å². The molecule has 222 valence electrons. The van der Waals surface area contributed by atoms with Crippen LogP contribution in [0.2, 0.25) is 0 Å². The van der Waals surface area contributed by atoms with Gasteiger partial charge in [0.25, 0.3) is 0 Å². The van der Waals surface area contributed by atoms with Crippen molar-refractivity contribution in [3.8, 4) is 67.3 Å². The first-order chi connectivity index (χ1) is 23.8. The monoisotopic (exact) mass is 610 g/mol. The highest BCUT2D eigenvalue weighted by atomic mass is 14.8. The average molecular weight is 611 g/mol. The number of rotatable bonds is 4. The van der Waals surface area contributed by atoms with Crippen LogP contribution in [0.25, 0.3) is 99.9 Å². The number of benzene rings is 6. The van der Waals surface area contributed by atoms with Gasteiger partial charge in [0.1, 0.15) is 0 Å². The summed E-state index contributed by atoms with van der Waals surface area (Å²) in [5.41, 5.74) is 14.3. The molecule has 1 aliphatic rings. The Balaban J connectivity index is 1.03. The summed E-state index contributed by atoms with van der Waals surface area (Å²) < 4.78 is 0. The Morgan fingerprint density at radius 3 is 1.62 bits per heavy atom. The van der Waals surface area contributed by atoms with Gasteiger partial charge < -0.3 is 0 Å². The van der Waals surface area contributed by atoms with Crippen LogP contribution in [0.15, 0.2) is 158 Å². The first-order valence-corrected chi connectivity index (χ1v) is 16.1. The van der Waals surface area contributed by atoms with E-state index in [0.29, 0.717) is 5.82 Å². The van der Waals surface area contributed by atoms with Gasteiger partial charge in [-0.25, -0.2) is 19.9 Å². The van der Waals surface area contributed by atoms with Crippen molar-refractivity contribution in [1.29, 1.82) is 0 Å². The molecule has 0 unspecified atom stereocenters. The Kier molecular flexibility index (Phi) is 5.84. The minimum absolute atomic E-state index is 0.710. The van der Waals surface area contributed by atoms with Crippen molar-refractivity contribution in [2.75, 3.05) is 0 Å². The highest BCUT2D eigenvalue weighted by Crippen LogP contribution is 2.48. The maximum Gasteiger partial charge on any atom is 0.159 e. The molecule has 0 bridgehead atoms. The summed E-state index contributed by atoms with van der Waals surface area (Å²) in [5, 5.41) is 4.77. The summed E-state index contributed by atoms with van der Waals surface area (Å²) in [6.45, 7) is 0. The first-order valence-electron chi connectivity index (χ1n) is 16.1. The van der Waals surface area contributed by atoms with Crippen LogP contribution in [0.1, 0.15) is 0 Å². The van der Waals surface area contributed by atoms with Crippen molar-refractivity contribution < 1.29 is 0 Å². The third-order valence-electron chi connectivity index (χ3n) is 9.52. The Bertz CT molecular complexity index is 2710. The van der Waals surface area contributed by atoms with Gasteiger partial charge in [-0.15, -0.1) is 0 Å². The van der Waals surface area contributed by atoms with E-state index in [2.05, 4.69) is 137 Å². The van der Waals surface area contributed by atoms with Crippen molar-refractivity contribution >= 4 is 32.6 Å². The molecule has 6 aromatic carbocycles. The fraction of sp³-hybridized carbons (Fsp3) is 0. The topological polar surface area (TPSA) is 51.6 Å². The number of hydrogen-bond acceptors (Lipinski definition) is 4. The fourth-order valence-electron chi connectivity index (χ4n) is 7.16. The second-order valence-electron chi connectivity index (χ2n) is 12.3. The largest absolute Gasteiger partial charge is 0.245 e. The van der Waals surface area contributed by atoms with Crippen LogP contribution < -0.4 is 0 Å². The van der Waals surface area contributed by atoms with Gasteiger partial charge in [-0.1, -0.05) is 115 Å². The predicted molar refractivity (Wildman–Crippen MR) is 196 cm³/mol. The molecule has 0 spiro atoms. The quantitative estimate of drug-likeness (QED) is 0.186. The third kappa shape index (κ3) is 4.24. The Morgan fingerprint density at radius 2 is 0.896 bits per heavy atom. The molecule has 3 heterocycles.